The molecule has 1 atom stereocenters. The molecule has 1 saturated carbocycles. The van der Waals surface area contributed by atoms with Crippen LogP contribution in [-0.4, -0.2) is 34.6 Å². The van der Waals surface area contributed by atoms with Gasteiger partial charge in [-0.3, -0.25) is 9.59 Å². The van der Waals surface area contributed by atoms with E-state index in [-0.39, 0.29) is 35.9 Å². The van der Waals surface area contributed by atoms with Crippen molar-refractivity contribution in [3.05, 3.63) is 105 Å². The summed E-state index contributed by atoms with van der Waals surface area (Å²) in [5.41, 5.74) is 2.09. The summed E-state index contributed by atoms with van der Waals surface area (Å²) in [6, 6.07) is 21.0. The van der Waals surface area contributed by atoms with Crippen LogP contribution in [0, 0.1) is 5.82 Å². The molecule has 0 bridgehead atoms. The zero-order chi connectivity index (χ0) is 26.9. The van der Waals surface area contributed by atoms with E-state index in [0.29, 0.717) is 22.0 Å². The van der Waals surface area contributed by atoms with E-state index in [2.05, 4.69) is 5.32 Å². The number of nitrogens with zero attached hydrogens (tertiary/aromatic N) is 1. The molecule has 0 spiro atoms. The molecule has 4 nitrogen and oxygen atoms in total. The monoisotopic (exact) mass is 572 g/mol. The lowest BCUT2D eigenvalue weighted by molar-refractivity contribution is -0.139. The minimum absolute atomic E-state index is 0.0666. The van der Waals surface area contributed by atoms with Gasteiger partial charge in [-0.15, -0.1) is 11.8 Å². The second-order valence-electron chi connectivity index (χ2n) is 9.50. The summed E-state index contributed by atoms with van der Waals surface area (Å²) in [5, 5.41) is 4.05. The van der Waals surface area contributed by atoms with Gasteiger partial charge in [-0.2, -0.15) is 0 Å². The van der Waals surface area contributed by atoms with Crippen molar-refractivity contribution < 1.29 is 14.0 Å². The van der Waals surface area contributed by atoms with Gasteiger partial charge in [0.05, 0.1) is 5.75 Å². The number of hydrogen-bond donors (Lipinski definition) is 1. The van der Waals surface area contributed by atoms with Crippen LogP contribution in [0.4, 0.5) is 4.39 Å². The molecule has 0 unspecified atom stereocenters. The van der Waals surface area contributed by atoms with Gasteiger partial charge in [0.1, 0.15) is 11.9 Å². The van der Waals surface area contributed by atoms with E-state index in [1.54, 1.807) is 23.1 Å². The van der Waals surface area contributed by atoms with Crippen molar-refractivity contribution in [3.8, 4) is 0 Å². The highest BCUT2D eigenvalue weighted by molar-refractivity contribution is 7.99. The van der Waals surface area contributed by atoms with Crippen LogP contribution >= 0.6 is 35.0 Å². The number of hydrogen-bond acceptors (Lipinski definition) is 3. The first kappa shape index (κ1) is 28.5. The van der Waals surface area contributed by atoms with Crippen LogP contribution in [0.5, 0.6) is 0 Å². The summed E-state index contributed by atoms with van der Waals surface area (Å²) in [5.74, 6) is -0.470. The molecule has 3 aromatic rings. The standard InChI is InChI=1S/C30H31Cl2FN2O2S/c31-25-14-7-4-11-22(25)18-35(29(36)20-38-19-24-26(32)15-8-16-27(24)33)28(17-21-9-2-1-3-10-21)30(37)34-23-12-5-6-13-23/h1-4,7-11,14-16,23,28H,5-6,12-13,17-20H2,(H,34,37)/t28-/m1/s1. The average Bonchev–Trinajstić information content (AvgIpc) is 3.42. The van der Waals surface area contributed by atoms with E-state index in [0.717, 1.165) is 36.8 Å². The zero-order valence-corrected chi connectivity index (χ0v) is 23.4. The number of benzene rings is 3. The van der Waals surface area contributed by atoms with E-state index >= 15 is 0 Å². The van der Waals surface area contributed by atoms with Gasteiger partial charge in [0, 0.05) is 40.4 Å². The SMILES string of the molecule is O=C(NC1CCCC1)[C@@H](Cc1ccccc1)N(Cc1ccccc1Cl)C(=O)CSCc1c(F)cccc1Cl. The molecule has 38 heavy (non-hydrogen) atoms. The van der Waals surface area contributed by atoms with E-state index in [1.165, 1.54) is 17.8 Å². The molecule has 1 N–H and O–H groups in total. The minimum Gasteiger partial charge on any atom is -0.352 e. The highest BCUT2D eigenvalue weighted by Crippen LogP contribution is 2.26. The molecule has 200 valence electrons. The van der Waals surface area contributed by atoms with Crippen LogP contribution in [0.3, 0.4) is 0 Å². The average molecular weight is 574 g/mol. The lowest BCUT2D eigenvalue weighted by atomic mass is 10.0. The first-order valence-corrected chi connectivity index (χ1v) is 14.7. The molecule has 0 aromatic heterocycles. The van der Waals surface area contributed by atoms with Crippen LogP contribution in [0.2, 0.25) is 10.0 Å². The normalized spacial score (nSPS) is 14.3. The summed E-state index contributed by atoms with van der Waals surface area (Å²) in [6.07, 6.45) is 4.44. The van der Waals surface area contributed by atoms with Crippen molar-refractivity contribution in [1.82, 2.24) is 10.2 Å². The molecule has 1 fully saturated rings. The van der Waals surface area contributed by atoms with Crippen LogP contribution in [0.1, 0.15) is 42.4 Å². The Morgan fingerprint density at radius 2 is 1.63 bits per heavy atom. The molecule has 4 rings (SSSR count). The van der Waals surface area contributed by atoms with E-state index in [4.69, 9.17) is 23.2 Å². The largest absolute Gasteiger partial charge is 0.352 e. The molecule has 0 saturated heterocycles. The third-order valence-electron chi connectivity index (χ3n) is 6.80. The number of amides is 2. The maximum absolute atomic E-state index is 14.3. The lowest BCUT2D eigenvalue weighted by Crippen LogP contribution is -2.52. The van der Waals surface area contributed by atoms with Gasteiger partial charge in [-0.25, -0.2) is 4.39 Å². The summed E-state index contributed by atoms with van der Waals surface area (Å²) in [7, 11) is 0. The Bertz CT molecular complexity index is 1220. The van der Waals surface area contributed by atoms with Crippen molar-refractivity contribution >= 4 is 46.8 Å². The van der Waals surface area contributed by atoms with Crippen molar-refractivity contribution in [1.29, 1.82) is 0 Å². The number of nitrogens with one attached hydrogen (secondary N) is 1. The Morgan fingerprint density at radius 3 is 2.34 bits per heavy atom. The fourth-order valence-corrected chi connectivity index (χ4v) is 6.17. The number of rotatable bonds is 11. The minimum atomic E-state index is -0.723. The third kappa shape index (κ3) is 7.75. The molecule has 8 heteroatoms. The smallest absolute Gasteiger partial charge is 0.243 e. The molecule has 2 amide bonds. The van der Waals surface area contributed by atoms with Gasteiger partial charge >= 0.3 is 0 Å². The molecular weight excluding hydrogens is 542 g/mol. The van der Waals surface area contributed by atoms with Crippen LogP contribution in [0.15, 0.2) is 72.8 Å². The maximum Gasteiger partial charge on any atom is 0.243 e. The molecule has 1 aliphatic carbocycles. The van der Waals surface area contributed by atoms with E-state index in [9.17, 15) is 14.0 Å². The van der Waals surface area contributed by atoms with Gasteiger partial charge in [-0.1, -0.05) is 90.6 Å². The fourth-order valence-electron chi connectivity index (χ4n) is 4.73. The number of halogens is 3. The van der Waals surface area contributed by atoms with E-state index < -0.39 is 11.9 Å². The first-order chi connectivity index (χ1) is 18.4. The molecule has 0 aliphatic heterocycles. The van der Waals surface area contributed by atoms with Crippen LogP contribution in [0.25, 0.3) is 0 Å². The van der Waals surface area contributed by atoms with Crippen molar-refractivity contribution in [2.45, 2.75) is 56.5 Å². The van der Waals surface area contributed by atoms with Crippen LogP contribution in [-0.2, 0) is 28.3 Å². The predicted molar refractivity (Wildman–Crippen MR) is 154 cm³/mol. The summed E-state index contributed by atoms with van der Waals surface area (Å²) in [4.78, 5) is 29.1. The Kier molecular flexibility index (Phi) is 10.5. The summed E-state index contributed by atoms with van der Waals surface area (Å²) < 4.78 is 14.3. The van der Waals surface area contributed by atoms with Gasteiger partial charge in [0.15, 0.2) is 0 Å². The Hall–Kier alpha value is -2.54. The lowest BCUT2D eigenvalue weighted by Gasteiger charge is -2.32. The zero-order valence-electron chi connectivity index (χ0n) is 21.0. The van der Waals surface area contributed by atoms with Gasteiger partial charge in [0.25, 0.3) is 0 Å². The predicted octanol–water partition coefficient (Wildman–Crippen LogP) is 7.06. The van der Waals surface area contributed by atoms with Gasteiger partial charge in [-0.05, 0) is 42.2 Å². The quantitative estimate of drug-likeness (QED) is 0.267. The topological polar surface area (TPSA) is 49.4 Å². The number of carbonyl (C=O) groups excluding carboxylic acids is 2. The second-order valence-corrected chi connectivity index (χ2v) is 11.3. The van der Waals surface area contributed by atoms with Gasteiger partial charge < -0.3 is 10.2 Å². The van der Waals surface area contributed by atoms with E-state index in [1.807, 2.05) is 48.5 Å². The first-order valence-electron chi connectivity index (χ1n) is 12.8. The Morgan fingerprint density at radius 1 is 0.947 bits per heavy atom. The van der Waals surface area contributed by atoms with Crippen molar-refractivity contribution in [3.63, 3.8) is 0 Å². The highest BCUT2D eigenvalue weighted by Gasteiger charge is 2.32. The Labute approximate surface area is 237 Å². The maximum atomic E-state index is 14.3. The number of carbonyl (C=O) groups is 2. The van der Waals surface area contributed by atoms with Crippen molar-refractivity contribution in [2.75, 3.05) is 5.75 Å². The molecular formula is C30H31Cl2FN2O2S. The molecule has 1 aliphatic rings. The summed E-state index contributed by atoms with van der Waals surface area (Å²) in [6.45, 7) is 0.190. The summed E-state index contributed by atoms with van der Waals surface area (Å²) >= 11 is 13.9. The van der Waals surface area contributed by atoms with Crippen LogP contribution < -0.4 is 5.32 Å². The Balaban J connectivity index is 1.59. The fraction of sp³-hybridized carbons (Fsp3) is 0.333. The van der Waals surface area contributed by atoms with Gasteiger partial charge in [0.2, 0.25) is 11.8 Å². The molecule has 3 aromatic carbocycles. The molecule has 0 radical (unpaired) electrons. The highest BCUT2D eigenvalue weighted by atomic mass is 35.5. The van der Waals surface area contributed by atoms with Crippen molar-refractivity contribution in [2.24, 2.45) is 0 Å². The molecule has 0 heterocycles. The number of thioether (sulfide) groups is 1. The second kappa shape index (κ2) is 14.0. The third-order valence-corrected chi connectivity index (χ3v) is 8.47.